The van der Waals surface area contributed by atoms with Crippen LogP contribution in [0.4, 0.5) is 11.4 Å². The molecule has 0 aliphatic rings. The van der Waals surface area contributed by atoms with Crippen LogP contribution in [0.5, 0.6) is 11.5 Å². The Kier molecular flexibility index (Phi) is 10.6. The molecule has 2 amide bonds. The Morgan fingerprint density at radius 1 is 0.667 bits per heavy atom. The normalized spacial score (nSPS) is 10.5. The van der Waals surface area contributed by atoms with E-state index in [0.29, 0.717) is 36.1 Å². The SMILES string of the molecule is CCCOc1cc(-c2cc(OCCC)c(NC(=O)CC(C)=O)cc2C)c(C)cc1NC(=O)CC(C)=O. The Bertz CT molecular complexity index is 1050. The summed E-state index contributed by atoms with van der Waals surface area (Å²) in [7, 11) is 0. The quantitative estimate of drug-likeness (QED) is 0.360. The summed E-state index contributed by atoms with van der Waals surface area (Å²) < 4.78 is 11.9. The highest BCUT2D eigenvalue weighted by molar-refractivity contribution is 6.05. The van der Waals surface area contributed by atoms with Gasteiger partial charge in [0.15, 0.2) is 0 Å². The summed E-state index contributed by atoms with van der Waals surface area (Å²) in [5.41, 5.74) is 4.54. The molecule has 0 unspecified atom stereocenters. The fourth-order valence-electron chi connectivity index (χ4n) is 3.66. The maximum Gasteiger partial charge on any atom is 0.231 e. The summed E-state index contributed by atoms with van der Waals surface area (Å²) in [4.78, 5) is 47.2. The van der Waals surface area contributed by atoms with E-state index in [2.05, 4.69) is 10.6 Å². The van der Waals surface area contributed by atoms with Crippen molar-refractivity contribution in [1.82, 2.24) is 0 Å². The third-order valence-electron chi connectivity index (χ3n) is 5.23. The van der Waals surface area contributed by atoms with Crippen molar-refractivity contribution < 1.29 is 28.7 Å². The molecule has 0 radical (unpaired) electrons. The fourth-order valence-corrected chi connectivity index (χ4v) is 3.66. The molecule has 0 spiro atoms. The number of rotatable bonds is 13. The van der Waals surface area contributed by atoms with E-state index in [4.69, 9.17) is 9.47 Å². The zero-order chi connectivity index (χ0) is 26.8. The van der Waals surface area contributed by atoms with Crippen LogP contribution in [0.15, 0.2) is 24.3 Å². The molecule has 36 heavy (non-hydrogen) atoms. The van der Waals surface area contributed by atoms with Crippen LogP contribution in [0.3, 0.4) is 0 Å². The molecule has 0 bridgehead atoms. The minimum Gasteiger partial charge on any atom is -0.491 e. The zero-order valence-corrected chi connectivity index (χ0v) is 22.0. The van der Waals surface area contributed by atoms with Gasteiger partial charge < -0.3 is 20.1 Å². The van der Waals surface area contributed by atoms with E-state index in [-0.39, 0.29) is 24.4 Å². The minimum absolute atomic E-state index is 0.206. The van der Waals surface area contributed by atoms with Gasteiger partial charge >= 0.3 is 0 Å². The zero-order valence-electron chi connectivity index (χ0n) is 22.0. The molecule has 2 N–H and O–H groups in total. The van der Waals surface area contributed by atoms with Gasteiger partial charge in [-0.05, 0) is 87.1 Å². The molecule has 0 aliphatic heterocycles. The van der Waals surface area contributed by atoms with Crippen LogP contribution in [0.25, 0.3) is 11.1 Å². The molecule has 8 nitrogen and oxygen atoms in total. The van der Waals surface area contributed by atoms with Crippen molar-refractivity contribution in [2.45, 2.75) is 67.2 Å². The van der Waals surface area contributed by atoms with Crippen LogP contribution in [0, 0.1) is 13.8 Å². The molecule has 0 fully saturated rings. The average Bonchev–Trinajstić information content (AvgIpc) is 2.77. The molecule has 194 valence electrons. The molecule has 0 saturated carbocycles. The lowest BCUT2D eigenvalue weighted by atomic mass is 9.94. The molecule has 0 aliphatic carbocycles. The molecule has 0 aromatic heterocycles. The number of Topliss-reactive ketones (excluding diaryl/α,β-unsaturated/α-hetero) is 2. The Morgan fingerprint density at radius 2 is 1.03 bits per heavy atom. The molecule has 2 aromatic carbocycles. The number of benzene rings is 2. The van der Waals surface area contributed by atoms with Crippen molar-refractivity contribution in [3.8, 4) is 22.6 Å². The van der Waals surface area contributed by atoms with Crippen molar-refractivity contribution in [2.75, 3.05) is 23.8 Å². The van der Waals surface area contributed by atoms with E-state index in [1.54, 1.807) is 0 Å². The molecular formula is C28H36N2O6. The molecule has 2 rings (SSSR count). The second kappa shape index (κ2) is 13.4. The van der Waals surface area contributed by atoms with Gasteiger partial charge in [-0.25, -0.2) is 0 Å². The Labute approximate surface area is 212 Å². The second-order valence-corrected chi connectivity index (χ2v) is 8.88. The number of aryl methyl sites for hydroxylation is 2. The van der Waals surface area contributed by atoms with Gasteiger partial charge in [0.1, 0.15) is 23.1 Å². The number of anilines is 2. The van der Waals surface area contributed by atoms with Gasteiger partial charge in [-0.2, -0.15) is 0 Å². The van der Waals surface area contributed by atoms with E-state index in [9.17, 15) is 19.2 Å². The number of nitrogens with one attached hydrogen (secondary N) is 2. The van der Waals surface area contributed by atoms with Gasteiger partial charge in [0, 0.05) is 0 Å². The predicted molar refractivity (Wildman–Crippen MR) is 141 cm³/mol. The maximum atomic E-state index is 12.2. The summed E-state index contributed by atoms with van der Waals surface area (Å²) in [6.45, 7) is 11.5. The van der Waals surface area contributed by atoms with Gasteiger partial charge in [0.2, 0.25) is 11.8 Å². The Morgan fingerprint density at radius 3 is 1.33 bits per heavy atom. The van der Waals surface area contributed by atoms with Crippen LogP contribution in [0.2, 0.25) is 0 Å². The monoisotopic (exact) mass is 496 g/mol. The first-order chi connectivity index (χ1) is 17.0. The van der Waals surface area contributed by atoms with Crippen molar-refractivity contribution >= 4 is 34.8 Å². The highest BCUT2D eigenvalue weighted by atomic mass is 16.5. The van der Waals surface area contributed by atoms with E-state index < -0.39 is 11.8 Å². The lowest BCUT2D eigenvalue weighted by Crippen LogP contribution is -2.16. The third kappa shape index (κ3) is 8.22. The lowest BCUT2D eigenvalue weighted by molar-refractivity contribution is -0.125. The summed E-state index contributed by atoms with van der Waals surface area (Å²) >= 11 is 0. The summed E-state index contributed by atoms with van der Waals surface area (Å²) in [6.07, 6.45) is 1.16. The Hall–Kier alpha value is -3.68. The number of hydrogen-bond acceptors (Lipinski definition) is 6. The maximum absolute atomic E-state index is 12.2. The first-order valence-electron chi connectivity index (χ1n) is 12.2. The van der Waals surface area contributed by atoms with Gasteiger partial charge in [-0.1, -0.05) is 13.8 Å². The van der Waals surface area contributed by atoms with Crippen molar-refractivity contribution in [3.05, 3.63) is 35.4 Å². The molecule has 2 aromatic rings. The third-order valence-corrected chi connectivity index (χ3v) is 5.23. The molecule has 8 heteroatoms. The van der Waals surface area contributed by atoms with Crippen molar-refractivity contribution in [1.29, 1.82) is 0 Å². The Balaban J connectivity index is 2.54. The van der Waals surface area contributed by atoms with Gasteiger partial charge in [0.05, 0.1) is 37.4 Å². The molecular weight excluding hydrogens is 460 g/mol. The van der Waals surface area contributed by atoms with Gasteiger partial charge in [0.25, 0.3) is 0 Å². The first kappa shape index (κ1) is 28.6. The standard InChI is InChI=1S/C28H36N2O6/c1-7-9-35-25-15-21(17(3)11-23(25)29-27(33)13-19(5)31)22-16-26(36-10-8-2)24(12-18(22)4)30-28(34)14-20(6)32/h11-12,15-16H,7-10,13-14H2,1-6H3,(H,29,33)(H,30,34). The number of hydrogen-bond donors (Lipinski definition) is 2. The second-order valence-electron chi connectivity index (χ2n) is 8.88. The van der Waals surface area contributed by atoms with E-state index in [1.165, 1.54) is 13.8 Å². The van der Waals surface area contributed by atoms with Gasteiger partial charge in [-0.3, -0.25) is 19.2 Å². The smallest absolute Gasteiger partial charge is 0.231 e. The number of ketones is 2. The lowest BCUT2D eigenvalue weighted by Gasteiger charge is -2.19. The van der Waals surface area contributed by atoms with Crippen LogP contribution in [-0.4, -0.2) is 36.6 Å². The fraction of sp³-hybridized carbons (Fsp3) is 0.429. The number of carbonyl (C=O) groups is 4. The van der Waals surface area contributed by atoms with E-state index in [0.717, 1.165) is 35.1 Å². The van der Waals surface area contributed by atoms with E-state index >= 15 is 0 Å². The van der Waals surface area contributed by atoms with Crippen LogP contribution >= 0.6 is 0 Å². The predicted octanol–water partition coefficient (Wildman–Crippen LogP) is 5.38. The topological polar surface area (TPSA) is 111 Å². The molecule has 0 atom stereocenters. The highest BCUT2D eigenvalue weighted by Gasteiger charge is 2.18. The van der Waals surface area contributed by atoms with Crippen molar-refractivity contribution in [2.24, 2.45) is 0 Å². The van der Waals surface area contributed by atoms with Crippen LogP contribution in [0.1, 0.15) is 64.5 Å². The summed E-state index contributed by atoms with van der Waals surface area (Å²) in [6, 6.07) is 7.39. The van der Waals surface area contributed by atoms with E-state index in [1.807, 2.05) is 52.0 Å². The largest absolute Gasteiger partial charge is 0.491 e. The minimum atomic E-state index is -0.395. The number of ether oxygens (including phenoxy) is 2. The molecule has 0 heterocycles. The van der Waals surface area contributed by atoms with Crippen molar-refractivity contribution in [3.63, 3.8) is 0 Å². The van der Waals surface area contributed by atoms with Gasteiger partial charge in [-0.15, -0.1) is 0 Å². The van der Waals surface area contributed by atoms with Crippen LogP contribution < -0.4 is 20.1 Å². The summed E-state index contributed by atoms with van der Waals surface area (Å²) in [5, 5.41) is 5.57. The summed E-state index contributed by atoms with van der Waals surface area (Å²) in [5.74, 6) is -0.224. The van der Waals surface area contributed by atoms with Crippen LogP contribution in [-0.2, 0) is 19.2 Å². The first-order valence-corrected chi connectivity index (χ1v) is 12.2. The number of amides is 2. The average molecular weight is 497 g/mol. The molecule has 0 saturated heterocycles. The number of carbonyl (C=O) groups excluding carboxylic acids is 4. The highest BCUT2D eigenvalue weighted by Crippen LogP contribution is 2.39.